The first-order chi connectivity index (χ1) is 13.5. The Balaban J connectivity index is 1.69. The summed E-state index contributed by atoms with van der Waals surface area (Å²) in [6.07, 6.45) is 1.98. The molecule has 2 aromatic carbocycles. The van der Waals surface area contributed by atoms with Gasteiger partial charge >= 0.3 is 0 Å². The molecular weight excluding hydrogens is 359 g/mol. The van der Waals surface area contributed by atoms with Crippen LogP contribution in [0, 0.1) is 5.82 Å². The molecule has 150 valence electrons. The number of halogens is 1. The number of carbonyl (C=O) groups is 1. The molecule has 1 fully saturated rings. The molecule has 1 saturated heterocycles. The fourth-order valence-corrected chi connectivity index (χ4v) is 3.73. The minimum Gasteiger partial charge on any atom is -0.497 e. The monoisotopic (exact) mass is 386 g/mol. The Kier molecular flexibility index (Phi) is 6.52. The van der Waals surface area contributed by atoms with Crippen molar-refractivity contribution < 1.29 is 18.7 Å². The molecule has 1 heterocycles. The third-order valence-corrected chi connectivity index (χ3v) is 5.29. The number of rotatable bonds is 7. The van der Waals surface area contributed by atoms with Gasteiger partial charge < -0.3 is 14.4 Å². The van der Waals surface area contributed by atoms with Gasteiger partial charge in [-0.05, 0) is 31.5 Å². The second-order valence-corrected chi connectivity index (χ2v) is 7.08. The summed E-state index contributed by atoms with van der Waals surface area (Å²) in [5.74, 6) is 1.20. The van der Waals surface area contributed by atoms with E-state index in [2.05, 4.69) is 4.90 Å². The lowest BCUT2D eigenvalue weighted by molar-refractivity contribution is -0.131. The summed E-state index contributed by atoms with van der Waals surface area (Å²) < 4.78 is 24.7. The lowest BCUT2D eigenvalue weighted by Gasteiger charge is -2.28. The van der Waals surface area contributed by atoms with Crippen LogP contribution in [0.3, 0.4) is 0 Å². The fourth-order valence-electron chi connectivity index (χ4n) is 3.73. The molecule has 6 heteroatoms. The van der Waals surface area contributed by atoms with Crippen molar-refractivity contribution in [1.29, 1.82) is 0 Å². The third kappa shape index (κ3) is 4.44. The Morgan fingerprint density at radius 3 is 2.71 bits per heavy atom. The zero-order chi connectivity index (χ0) is 20.1. The molecule has 1 aliphatic rings. The first-order valence-corrected chi connectivity index (χ1v) is 9.46. The van der Waals surface area contributed by atoms with E-state index in [9.17, 15) is 9.18 Å². The van der Waals surface area contributed by atoms with Gasteiger partial charge in [0.2, 0.25) is 5.91 Å². The highest BCUT2D eigenvalue weighted by molar-refractivity contribution is 5.78. The van der Waals surface area contributed by atoms with Crippen molar-refractivity contribution in [2.75, 3.05) is 34.4 Å². The van der Waals surface area contributed by atoms with Crippen LogP contribution in [-0.2, 0) is 11.3 Å². The summed E-state index contributed by atoms with van der Waals surface area (Å²) >= 11 is 0. The standard InChI is InChI=1S/C22H27FN2O3/c1-24(14-16-7-4-5-8-19(16)23)22(26)15-25-12-6-9-20(25)18-11-10-17(27-2)13-21(18)28-3/h4-5,7-8,10-11,13,20H,6,9,12,14-15H2,1-3H3/t20-/m0/s1. The number of carbonyl (C=O) groups excluding carboxylic acids is 1. The van der Waals surface area contributed by atoms with Crippen LogP contribution in [0.2, 0.25) is 0 Å². The van der Waals surface area contributed by atoms with Crippen LogP contribution in [0.1, 0.15) is 30.0 Å². The van der Waals surface area contributed by atoms with Crippen LogP contribution in [0.4, 0.5) is 4.39 Å². The van der Waals surface area contributed by atoms with Gasteiger partial charge in [-0.25, -0.2) is 4.39 Å². The molecule has 0 bridgehead atoms. The summed E-state index contributed by atoms with van der Waals surface area (Å²) in [5, 5.41) is 0. The number of ether oxygens (including phenoxy) is 2. The van der Waals surface area contributed by atoms with Crippen molar-refractivity contribution in [2.45, 2.75) is 25.4 Å². The molecule has 0 spiro atoms. The van der Waals surface area contributed by atoms with Gasteiger partial charge in [0.1, 0.15) is 17.3 Å². The first kappa shape index (κ1) is 20.1. The lowest BCUT2D eigenvalue weighted by atomic mass is 10.0. The molecule has 1 aliphatic heterocycles. The summed E-state index contributed by atoms with van der Waals surface area (Å²) in [7, 11) is 4.99. The normalized spacial score (nSPS) is 16.8. The number of benzene rings is 2. The third-order valence-electron chi connectivity index (χ3n) is 5.29. The number of amides is 1. The SMILES string of the molecule is COc1ccc([C@@H]2CCCN2CC(=O)N(C)Cc2ccccc2F)c(OC)c1. The van der Waals surface area contributed by atoms with E-state index in [1.54, 1.807) is 44.4 Å². The predicted octanol–water partition coefficient (Wildman–Crippen LogP) is 3.64. The molecule has 0 radical (unpaired) electrons. The molecule has 0 aliphatic carbocycles. The fraction of sp³-hybridized carbons (Fsp3) is 0.409. The molecule has 2 aromatic rings. The number of hydrogen-bond acceptors (Lipinski definition) is 4. The Labute approximate surface area is 165 Å². The van der Waals surface area contributed by atoms with Gasteiger partial charge in [-0.2, -0.15) is 0 Å². The van der Waals surface area contributed by atoms with Crippen molar-refractivity contribution in [1.82, 2.24) is 9.80 Å². The van der Waals surface area contributed by atoms with Crippen LogP contribution in [0.15, 0.2) is 42.5 Å². The van der Waals surface area contributed by atoms with E-state index >= 15 is 0 Å². The lowest BCUT2D eigenvalue weighted by Crippen LogP contribution is -2.38. The number of hydrogen-bond donors (Lipinski definition) is 0. The molecule has 1 amide bonds. The number of likely N-dealkylation sites (N-methyl/N-ethyl adjacent to an activating group) is 1. The molecule has 3 rings (SSSR count). The highest BCUT2D eigenvalue weighted by atomic mass is 19.1. The predicted molar refractivity (Wildman–Crippen MR) is 106 cm³/mol. The second-order valence-electron chi connectivity index (χ2n) is 7.08. The first-order valence-electron chi connectivity index (χ1n) is 9.46. The van der Waals surface area contributed by atoms with Crippen LogP contribution in [-0.4, -0.2) is 50.1 Å². The second kappa shape index (κ2) is 9.06. The highest BCUT2D eigenvalue weighted by Gasteiger charge is 2.30. The van der Waals surface area contributed by atoms with Gasteiger partial charge in [0.05, 0.1) is 20.8 Å². The highest BCUT2D eigenvalue weighted by Crippen LogP contribution is 2.38. The van der Waals surface area contributed by atoms with E-state index in [4.69, 9.17) is 9.47 Å². The van der Waals surface area contributed by atoms with Crippen LogP contribution < -0.4 is 9.47 Å². The van der Waals surface area contributed by atoms with Crippen LogP contribution in [0.25, 0.3) is 0 Å². The summed E-state index contributed by atoms with van der Waals surface area (Å²) in [6, 6.07) is 12.5. The van der Waals surface area contributed by atoms with Gasteiger partial charge in [0.15, 0.2) is 0 Å². The molecule has 1 atom stereocenters. The molecule has 0 N–H and O–H groups in total. The van der Waals surface area contributed by atoms with Crippen molar-refractivity contribution in [3.05, 3.63) is 59.4 Å². The van der Waals surface area contributed by atoms with Crippen molar-refractivity contribution in [3.8, 4) is 11.5 Å². The topological polar surface area (TPSA) is 42.0 Å². The van der Waals surface area contributed by atoms with Gasteiger partial charge in [-0.1, -0.05) is 24.3 Å². The minimum absolute atomic E-state index is 0.0253. The maximum absolute atomic E-state index is 13.9. The quantitative estimate of drug-likeness (QED) is 0.729. The Morgan fingerprint density at radius 2 is 2.00 bits per heavy atom. The average Bonchev–Trinajstić information content (AvgIpc) is 3.16. The van der Waals surface area contributed by atoms with Crippen LogP contribution >= 0.6 is 0 Å². The van der Waals surface area contributed by atoms with E-state index < -0.39 is 0 Å². The van der Waals surface area contributed by atoms with Gasteiger partial charge in [-0.15, -0.1) is 0 Å². The average molecular weight is 386 g/mol. The van der Waals surface area contributed by atoms with Crippen molar-refractivity contribution >= 4 is 5.91 Å². The maximum atomic E-state index is 13.9. The maximum Gasteiger partial charge on any atom is 0.236 e. The Hall–Kier alpha value is -2.60. The van der Waals surface area contributed by atoms with Gasteiger partial charge in [0, 0.05) is 36.8 Å². The van der Waals surface area contributed by atoms with Gasteiger partial charge in [-0.3, -0.25) is 9.69 Å². The van der Waals surface area contributed by atoms with E-state index in [1.807, 2.05) is 18.2 Å². The van der Waals surface area contributed by atoms with E-state index in [0.29, 0.717) is 12.1 Å². The number of methoxy groups -OCH3 is 2. The Morgan fingerprint density at radius 1 is 1.21 bits per heavy atom. The molecule has 0 saturated carbocycles. The minimum atomic E-state index is -0.288. The summed E-state index contributed by atoms with van der Waals surface area (Å²) in [5.41, 5.74) is 1.58. The smallest absolute Gasteiger partial charge is 0.236 e. The van der Waals surface area contributed by atoms with Crippen molar-refractivity contribution in [3.63, 3.8) is 0 Å². The largest absolute Gasteiger partial charge is 0.497 e. The van der Waals surface area contributed by atoms with Crippen LogP contribution in [0.5, 0.6) is 11.5 Å². The molecule has 0 unspecified atom stereocenters. The molecule has 28 heavy (non-hydrogen) atoms. The zero-order valence-electron chi connectivity index (χ0n) is 16.7. The van der Waals surface area contributed by atoms with E-state index in [1.165, 1.54) is 6.07 Å². The summed E-state index contributed by atoms with van der Waals surface area (Å²) in [6.45, 7) is 1.40. The van der Waals surface area contributed by atoms with Gasteiger partial charge in [0.25, 0.3) is 0 Å². The number of nitrogens with zero attached hydrogens (tertiary/aromatic N) is 2. The zero-order valence-corrected chi connectivity index (χ0v) is 16.7. The Bertz CT molecular complexity index is 827. The molecule has 0 aromatic heterocycles. The molecule has 5 nitrogen and oxygen atoms in total. The van der Waals surface area contributed by atoms with E-state index in [-0.39, 0.29) is 24.3 Å². The van der Waals surface area contributed by atoms with Crippen molar-refractivity contribution in [2.24, 2.45) is 0 Å². The van der Waals surface area contributed by atoms with E-state index in [0.717, 1.165) is 36.4 Å². The molecular formula is C22H27FN2O3. The number of likely N-dealkylation sites (tertiary alicyclic amines) is 1. The summed E-state index contributed by atoms with van der Waals surface area (Å²) in [4.78, 5) is 16.5.